The number of halogens is 3. The number of carbonyl (C=O) groups is 1. The molecule has 1 aromatic carbocycles. The summed E-state index contributed by atoms with van der Waals surface area (Å²) in [4.78, 5) is 13.6. The van der Waals surface area contributed by atoms with Crippen LogP contribution in [-0.2, 0) is 27.4 Å². The van der Waals surface area contributed by atoms with Crippen LogP contribution in [0.5, 0.6) is 0 Å². The summed E-state index contributed by atoms with van der Waals surface area (Å²) in [6, 6.07) is 4.41. The number of nitrogens with zero attached hydrogens (tertiary/aromatic N) is 1. The van der Waals surface area contributed by atoms with E-state index in [0.29, 0.717) is 18.5 Å². The smallest absolute Gasteiger partial charge is 0.351 e. The SMILES string of the molecule is CN(CC(=O)N[C@H]1CCS(=O)(=O)C1)Cc1ccc(C(F)(F)F)cc1. The van der Waals surface area contributed by atoms with E-state index in [1.165, 1.54) is 12.1 Å². The lowest BCUT2D eigenvalue weighted by Crippen LogP contribution is -2.41. The molecule has 1 N–H and O–H groups in total. The molecular weight excluding hydrogens is 345 g/mol. The highest BCUT2D eigenvalue weighted by atomic mass is 32.2. The van der Waals surface area contributed by atoms with Gasteiger partial charge in [-0.2, -0.15) is 13.2 Å². The molecule has 0 saturated carbocycles. The zero-order valence-electron chi connectivity index (χ0n) is 13.1. The molecule has 1 saturated heterocycles. The van der Waals surface area contributed by atoms with Gasteiger partial charge >= 0.3 is 6.18 Å². The first-order valence-corrected chi connectivity index (χ1v) is 9.22. The van der Waals surface area contributed by atoms with E-state index < -0.39 is 21.6 Å². The van der Waals surface area contributed by atoms with E-state index in [0.717, 1.165) is 12.1 Å². The molecule has 1 aliphatic rings. The second-order valence-electron chi connectivity index (χ2n) is 6.03. The van der Waals surface area contributed by atoms with Gasteiger partial charge in [-0.1, -0.05) is 12.1 Å². The second kappa shape index (κ2) is 7.10. The summed E-state index contributed by atoms with van der Waals surface area (Å²) >= 11 is 0. The minimum absolute atomic E-state index is 0.0393. The van der Waals surface area contributed by atoms with Crippen molar-refractivity contribution in [2.24, 2.45) is 0 Å². The lowest BCUT2D eigenvalue weighted by atomic mass is 10.1. The highest BCUT2D eigenvalue weighted by Crippen LogP contribution is 2.29. The van der Waals surface area contributed by atoms with Crippen molar-refractivity contribution < 1.29 is 26.4 Å². The third-order valence-electron chi connectivity index (χ3n) is 3.74. The van der Waals surface area contributed by atoms with Gasteiger partial charge in [0.15, 0.2) is 9.84 Å². The molecule has 24 heavy (non-hydrogen) atoms. The molecule has 0 radical (unpaired) electrons. The molecule has 0 aromatic heterocycles. The summed E-state index contributed by atoms with van der Waals surface area (Å²) in [5.74, 6) is -0.257. The van der Waals surface area contributed by atoms with Crippen molar-refractivity contribution in [3.63, 3.8) is 0 Å². The molecule has 1 aliphatic heterocycles. The molecule has 0 unspecified atom stereocenters. The van der Waals surface area contributed by atoms with Crippen LogP contribution in [0, 0.1) is 0 Å². The van der Waals surface area contributed by atoms with E-state index in [1.807, 2.05) is 0 Å². The van der Waals surface area contributed by atoms with Crippen LogP contribution in [0.1, 0.15) is 17.5 Å². The molecule has 9 heteroatoms. The molecule has 1 fully saturated rings. The van der Waals surface area contributed by atoms with Gasteiger partial charge in [0.25, 0.3) is 0 Å². The van der Waals surface area contributed by atoms with Crippen LogP contribution < -0.4 is 5.32 Å². The van der Waals surface area contributed by atoms with Gasteiger partial charge in [0.05, 0.1) is 23.6 Å². The molecule has 5 nitrogen and oxygen atoms in total. The fourth-order valence-corrected chi connectivity index (χ4v) is 4.27. The maximum atomic E-state index is 12.5. The van der Waals surface area contributed by atoms with Gasteiger partial charge in [0, 0.05) is 12.6 Å². The fraction of sp³-hybridized carbons (Fsp3) is 0.533. The van der Waals surface area contributed by atoms with Crippen LogP contribution in [0.4, 0.5) is 13.2 Å². The number of hydrogen-bond donors (Lipinski definition) is 1. The standard InChI is InChI=1S/C15H19F3N2O3S/c1-20(8-11-2-4-12(5-3-11)15(16,17)18)9-14(21)19-13-6-7-24(22,23)10-13/h2-5,13H,6-10H2,1H3,(H,19,21)/t13-/m0/s1. The molecule has 1 amide bonds. The number of sulfone groups is 1. The summed E-state index contributed by atoms with van der Waals surface area (Å²) in [5, 5.41) is 2.67. The third kappa shape index (κ3) is 5.48. The van der Waals surface area contributed by atoms with E-state index in [-0.39, 0.29) is 30.0 Å². The Hall–Kier alpha value is -1.61. The Morgan fingerprint density at radius 1 is 1.29 bits per heavy atom. The highest BCUT2D eigenvalue weighted by Gasteiger charge is 2.30. The van der Waals surface area contributed by atoms with Crippen LogP contribution in [0.15, 0.2) is 24.3 Å². The number of rotatable bonds is 5. The highest BCUT2D eigenvalue weighted by molar-refractivity contribution is 7.91. The van der Waals surface area contributed by atoms with Gasteiger partial charge in [0.1, 0.15) is 0 Å². The molecule has 1 atom stereocenters. The Morgan fingerprint density at radius 2 is 1.92 bits per heavy atom. The van der Waals surface area contributed by atoms with Crippen LogP contribution in [-0.4, -0.2) is 50.4 Å². The summed E-state index contributed by atoms with van der Waals surface area (Å²) in [5.41, 5.74) is -0.0594. The second-order valence-corrected chi connectivity index (χ2v) is 8.26. The Balaban J connectivity index is 1.82. The van der Waals surface area contributed by atoms with Crippen molar-refractivity contribution in [2.75, 3.05) is 25.1 Å². The maximum Gasteiger partial charge on any atom is 0.416 e. The number of hydrogen-bond acceptors (Lipinski definition) is 4. The van der Waals surface area contributed by atoms with Gasteiger partial charge in [-0.25, -0.2) is 8.42 Å². The molecular formula is C15H19F3N2O3S. The Labute approximate surface area is 138 Å². The number of alkyl halides is 3. The Kier molecular flexibility index (Phi) is 5.54. The monoisotopic (exact) mass is 364 g/mol. The fourth-order valence-electron chi connectivity index (χ4n) is 2.59. The number of carbonyl (C=O) groups excluding carboxylic acids is 1. The van der Waals surface area contributed by atoms with Gasteiger partial charge in [0.2, 0.25) is 5.91 Å². The lowest BCUT2D eigenvalue weighted by Gasteiger charge is -2.18. The van der Waals surface area contributed by atoms with Gasteiger partial charge < -0.3 is 5.32 Å². The zero-order chi connectivity index (χ0) is 18.0. The van der Waals surface area contributed by atoms with Crippen LogP contribution in [0.25, 0.3) is 0 Å². The first-order chi connectivity index (χ1) is 11.0. The van der Waals surface area contributed by atoms with E-state index in [2.05, 4.69) is 5.32 Å². The molecule has 134 valence electrons. The molecule has 0 aliphatic carbocycles. The van der Waals surface area contributed by atoms with Crippen molar-refractivity contribution in [3.05, 3.63) is 35.4 Å². The van der Waals surface area contributed by atoms with Gasteiger partial charge in [-0.05, 0) is 31.2 Å². The first-order valence-electron chi connectivity index (χ1n) is 7.40. The average Bonchev–Trinajstić information content (AvgIpc) is 2.77. The van der Waals surface area contributed by atoms with E-state index in [1.54, 1.807) is 11.9 Å². The van der Waals surface area contributed by atoms with E-state index >= 15 is 0 Å². The largest absolute Gasteiger partial charge is 0.416 e. The Bertz CT molecular complexity index is 687. The van der Waals surface area contributed by atoms with Crippen LogP contribution in [0.3, 0.4) is 0 Å². The topological polar surface area (TPSA) is 66.5 Å². The maximum absolute atomic E-state index is 12.5. The van der Waals surface area contributed by atoms with Crippen molar-refractivity contribution in [1.29, 1.82) is 0 Å². The first kappa shape index (κ1) is 18.7. The quantitative estimate of drug-likeness (QED) is 0.859. The molecule has 0 spiro atoms. The van der Waals surface area contributed by atoms with E-state index in [9.17, 15) is 26.4 Å². The van der Waals surface area contributed by atoms with E-state index in [4.69, 9.17) is 0 Å². The van der Waals surface area contributed by atoms with Crippen LogP contribution in [0.2, 0.25) is 0 Å². The summed E-state index contributed by atoms with van der Waals surface area (Å²) in [6.07, 6.45) is -3.96. The predicted molar refractivity (Wildman–Crippen MR) is 83.0 cm³/mol. The zero-order valence-corrected chi connectivity index (χ0v) is 14.0. The molecule has 1 heterocycles. The summed E-state index contributed by atoms with van der Waals surface area (Å²) in [7, 11) is -1.39. The minimum Gasteiger partial charge on any atom is -0.351 e. The normalized spacial score (nSPS) is 20.3. The van der Waals surface area contributed by atoms with Crippen molar-refractivity contribution in [2.45, 2.75) is 25.2 Å². The lowest BCUT2D eigenvalue weighted by molar-refractivity contribution is -0.137. The van der Waals surface area contributed by atoms with Gasteiger partial charge in [-0.15, -0.1) is 0 Å². The van der Waals surface area contributed by atoms with Crippen molar-refractivity contribution >= 4 is 15.7 Å². The Morgan fingerprint density at radius 3 is 2.42 bits per heavy atom. The summed E-state index contributed by atoms with van der Waals surface area (Å²) < 4.78 is 60.2. The average molecular weight is 364 g/mol. The number of likely N-dealkylation sites (N-methyl/N-ethyl adjacent to an activating group) is 1. The van der Waals surface area contributed by atoms with Crippen molar-refractivity contribution in [3.8, 4) is 0 Å². The third-order valence-corrected chi connectivity index (χ3v) is 5.51. The van der Waals surface area contributed by atoms with Crippen molar-refractivity contribution in [1.82, 2.24) is 10.2 Å². The predicted octanol–water partition coefficient (Wildman–Crippen LogP) is 1.44. The number of benzene rings is 1. The minimum atomic E-state index is -4.37. The summed E-state index contributed by atoms with van der Waals surface area (Å²) in [6.45, 7) is 0.353. The molecule has 1 aromatic rings. The molecule has 0 bridgehead atoms. The number of nitrogens with one attached hydrogen (secondary N) is 1. The molecule has 2 rings (SSSR count). The van der Waals surface area contributed by atoms with Gasteiger partial charge in [-0.3, -0.25) is 9.69 Å². The number of amides is 1. The van der Waals surface area contributed by atoms with Crippen LogP contribution >= 0.6 is 0 Å².